The van der Waals surface area contributed by atoms with Crippen LogP contribution >= 0.6 is 0 Å². The average Bonchev–Trinajstić information content (AvgIpc) is 3.01. The largest absolute Gasteiger partial charge is 0.481 e. The molecule has 2 aliphatic rings. The summed E-state index contributed by atoms with van der Waals surface area (Å²) in [5, 5.41) is 9.59. The number of hydrogen-bond donors (Lipinski definition) is 1. The molecule has 0 spiro atoms. The van der Waals surface area contributed by atoms with Crippen molar-refractivity contribution in [3.8, 4) is 0 Å². The molecule has 0 saturated carbocycles. The number of nitrogens with zero attached hydrogens (tertiary/aromatic N) is 1. The molecule has 0 unspecified atom stereocenters. The van der Waals surface area contributed by atoms with Gasteiger partial charge in [-0.25, -0.2) is 0 Å². The van der Waals surface area contributed by atoms with Gasteiger partial charge >= 0.3 is 5.97 Å². The third-order valence-corrected chi connectivity index (χ3v) is 5.11. The molecule has 5 nitrogen and oxygen atoms in total. The predicted molar refractivity (Wildman–Crippen MR) is 85.2 cm³/mol. The number of carbonyl (C=O) groups is 2. The maximum Gasteiger partial charge on any atom is 0.308 e. The van der Waals surface area contributed by atoms with Crippen LogP contribution in [0.3, 0.4) is 0 Å². The molecule has 23 heavy (non-hydrogen) atoms. The average molecular weight is 317 g/mol. The summed E-state index contributed by atoms with van der Waals surface area (Å²) in [6.45, 7) is 4.04. The molecule has 5 heteroatoms. The molecule has 1 aromatic rings. The Kier molecular flexibility index (Phi) is 4.66. The standard InChI is InChI=1S/C18H23NO4/c1-12-4-2-3-5-14(12)15-10-19(11-16(15)18(21)22)17(20)13-6-8-23-9-7-13/h2-5,13,15-16H,6-11H2,1H3,(H,21,22)/t15-,16+/m1/s1. The first-order valence-electron chi connectivity index (χ1n) is 8.22. The molecule has 0 aliphatic carbocycles. The Balaban J connectivity index is 1.79. The van der Waals surface area contributed by atoms with E-state index in [1.807, 2.05) is 31.2 Å². The molecule has 2 fully saturated rings. The van der Waals surface area contributed by atoms with E-state index in [2.05, 4.69) is 0 Å². The number of likely N-dealkylation sites (tertiary alicyclic amines) is 1. The van der Waals surface area contributed by atoms with Crippen LogP contribution in [0, 0.1) is 18.8 Å². The van der Waals surface area contributed by atoms with Gasteiger partial charge in [-0.2, -0.15) is 0 Å². The zero-order chi connectivity index (χ0) is 16.4. The molecule has 1 aromatic carbocycles. The first kappa shape index (κ1) is 16.0. The maximum atomic E-state index is 12.7. The summed E-state index contributed by atoms with van der Waals surface area (Å²) >= 11 is 0. The van der Waals surface area contributed by atoms with Crippen LogP contribution in [-0.4, -0.2) is 48.2 Å². The van der Waals surface area contributed by atoms with E-state index in [0.29, 0.717) is 26.3 Å². The summed E-state index contributed by atoms with van der Waals surface area (Å²) in [6.07, 6.45) is 1.48. The monoisotopic (exact) mass is 317 g/mol. The molecule has 1 N–H and O–H groups in total. The second kappa shape index (κ2) is 6.71. The van der Waals surface area contributed by atoms with Crippen LogP contribution in [0.25, 0.3) is 0 Å². The molecule has 2 saturated heterocycles. The Morgan fingerprint density at radius 1 is 1.17 bits per heavy atom. The fourth-order valence-electron chi connectivity index (χ4n) is 3.75. The second-order valence-electron chi connectivity index (χ2n) is 6.54. The molecule has 124 valence electrons. The van der Waals surface area contributed by atoms with Gasteiger partial charge < -0.3 is 14.7 Å². The number of amides is 1. The van der Waals surface area contributed by atoms with Crippen LogP contribution < -0.4 is 0 Å². The minimum Gasteiger partial charge on any atom is -0.481 e. The number of rotatable bonds is 3. The van der Waals surface area contributed by atoms with E-state index in [1.54, 1.807) is 4.90 Å². The highest BCUT2D eigenvalue weighted by Gasteiger charge is 2.42. The van der Waals surface area contributed by atoms with Crippen LogP contribution in [0.1, 0.15) is 29.9 Å². The van der Waals surface area contributed by atoms with Gasteiger partial charge in [0.15, 0.2) is 0 Å². The first-order chi connectivity index (χ1) is 11.1. The van der Waals surface area contributed by atoms with Gasteiger partial charge in [0.2, 0.25) is 5.91 Å². The van der Waals surface area contributed by atoms with Crippen LogP contribution in [0.5, 0.6) is 0 Å². The summed E-state index contributed by atoms with van der Waals surface area (Å²) < 4.78 is 5.31. The number of ether oxygens (including phenoxy) is 1. The number of benzene rings is 1. The number of aliphatic carboxylic acids is 1. The Morgan fingerprint density at radius 2 is 1.87 bits per heavy atom. The third-order valence-electron chi connectivity index (χ3n) is 5.11. The van der Waals surface area contributed by atoms with Crippen LogP contribution in [0.4, 0.5) is 0 Å². The van der Waals surface area contributed by atoms with E-state index >= 15 is 0 Å². The highest BCUT2D eigenvalue weighted by molar-refractivity contribution is 5.81. The lowest BCUT2D eigenvalue weighted by molar-refractivity contribution is -0.142. The molecule has 1 amide bonds. The molecule has 0 aromatic heterocycles. The van der Waals surface area contributed by atoms with Crippen molar-refractivity contribution in [1.29, 1.82) is 0 Å². The normalized spacial score (nSPS) is 25.5. The molecule has 3 rings (SSSR count). The molecule has 0 bridgehead atoms. The van der Waals surface area contributed by atoms with Crippen molar-refractivity contribution in [2.45, 2.75) is 25.7 Å². The Morgan fingerprint density at radius 3 is 2.52 bits per heavy atom. The quantitative estimate of drug-likeness (QED) is 0.926. The summed E-state index contributed by atoms with van der Waals surface area (Å²) in [5.74, 6) is -1.40. The van der Waals surface area contributed by atoms with Gasteiger partial charge in [0.1, 0.15) is 0 Å². The van der Waals surface area contributed by atoms with Crippen LogP contribution in [0.15, 0.2) is 24.3 Å². The number of carboxylic acids is 1. The Labute approximate surface area is 136 Å². The van der Waals surface area contributed by atoms with Gasteiger partial charge in [-0.1, -0.05) is 24.3 Å². The van der Waals surface area contributed by atoms with E-state index in [1.165, 1.54) is 0 Å². The zero-order valence-electron chi connectivity index (χ0n) is 13.4. The SMILES string of the molecule is Cc1ccccc1[C@H]1CN(C(=O)C2CCOCC2)C[C@@H]1C(=O)O. The van der Waals surface area contributed by atoms with E-state index in [9.17, 15) is 14.7 Å². The highest BCUT2D eigenvalue weighted by Crippen LogP contribution is 2.35. The van der Waals surface area contributed by atoms with Crippen molar-refractivity contribution in [2.75, 3.05) is 26.3 Å². The summed E-state index contributed by atoms with van der Waals surface area (Å²) in [6, 6.07) is 7.87. The minimum absolute atomic E-state index is 0.0196. The van der Waals surface area contributed by atoms with Gasteiger partial charge in [0.05, 0.1) is 5.92 Å². The maximum absolute atomic E-state index is 12.7. The topological polar surface area (TPSA) is 66.8 Å². The molecule has 2 atom stereocenters. The van der Waals surface area contributed by atoms with Gasteiger partial charge in [-0.15, -0.1) is 0 Å². The predicted octanol–water partition coefficient (Wildman–Crippen LogP) is 2.05. The van der Waals surface area contributed by atoms with Gasteiger partial charge in [0, 0.05) is 38.1 Å². The molecular formula is C18H23NO4. The summed E-state index contributed by atoms with van der Waals surface area (Å²) in [5.41, 5.74) is 2.13. The third kappa shape index (κ3) is 3.24. The lowest BCUT2D eigenvalue weighted by Gasteiger charge is -2.26. The smallest absolute Gasteiger partial charge is 0.308 e. The fourth-order valence-corrected chi connectivity index (χ4v) is 3.75. The number of hydrogen-bond acceptors (Lipinski definition) is 3. The zero-order valence-corrected chi connectivity index (χ0v) is 13.4. The lowest BCUT2D eigenvalue weighted by atomic mass is 9.86. The Hall–Kier alpha value is -1.88. The first-order valence-corrected chi connectivity index (χ1v) is 8.22. The van der Waals surface area contributed by atoms with Crippen LogP contribution in [-0.2, 0) is 14.3 Å². The van der Waals surface area contributed by atoms with Gasteiger partial charge in [-0.3, -0.25) is 9.59 Å². The lowest BCUT2D eigenvalue weighted by Crippen LogP contribution is -2.37. The van der Waals surface area contributed by atoms with Gasteiger partial charge in [-0.05, 0) is 30.9 Å². The van der Waals surface area contributed by atoms with Crippen molar-refractivity contribution in [3.63, 3.8) is 0 Å². The molecule has 2 heterocycles. The van der Waals surface area contributed by atoms with E-state index < -0.39 is 11.9 Å². The molecular weight excluding hydrogens is 294 g/mol. The Bertz CT molecular complexity index is 594. The van der Waals surface area contributed by atoms with Crippen molar-refractivity contribution in [2.24, 2.45) is 11.8 Å². The fraction of sp³-hybridized carbons (Fsp3) is 0.556. The van der Waals surface area contributed by atoms with Crippen molar-refractivity contribution in [3.05, 3.63) is 35.4 Å². The number of aryl methyl sites for hydroxylation is 1. The highest BCUT2D eigenvalue weighted by atomic mass is 16.5. The van der Waals surface area contributed by atoms with E-state index in [4.69, 9.17) is 4.74 Å². The van der Waals surface area contributed by atoms with Crippen molar-refractivity contribution < 1.29 is 19.4 Å². The van der Waals surface area contributed by atoms with Gasteiger partial charge in [0.25, 0.3) is 0 Å². The summed E-state index contributed by atoms with van der Waals surface area (Å²) in [4.78, 5) is 26.1. The molecule has 0 radical (unpaired) electrons. The van der Waals surface area contributed by atoms with Crippen molar-refractivity contribution >= 4 is 11.9 Å². The van der Waals surface area contributed by atoms with E-state index in [-0.39, 0.29) is 17.7 Å². The molecule has 2 aliphatic heterocycles. The minimum atomic E-state index is -0.819. The second-order valence-corrected chi connectivity index (χ2v) is 6.54. The van der Waals surface area contributed by atoms with Crippen molar-refractivity contribution in [1.82, 2.24) is 4.90 Å². The van der Waals surface area contributed by atoms with Crippen LogP contribution in [0.2, 0.25) is 0 Å². The van der Waals surface area contributed by atoms with E-state index in [0.717, 1.165) is 24.0 Å². The number of carbonyl (C=O) groups excluding carboxylic acids is 1. The summed E-state index contributed by atoms with van der Waals surface area (Å²) in [7, 11) is 0. The number of carboxylic acid groups (broad SMARTS) is 1.